The maximum Gasteiger partial charge on any atom is 0.330 e. The number of benzene rings is 1. The predicted octanol–water partition coefficient (Wildman–Crippen LogP) is 2.76. The van der Waals surface area contributed by atoms with Crippen LogP contribution in [0.2, 0.25) is 0 Å². The van der Waals surface area contributed by atoms with Crippen molar-refractivity contribution in [1.82, 2.24) is 9.55 Å². The number of aromatic nitrogens is 2. The average molecular weight is 289 g/mol. The number of aromatic amines is 1. The lowest BCUT2D eigenvalue weighted by Gasteiger charge is -2.10. The van der Waals surface area contributed by atoms with Crippen LogP contribution in [-0.4, -0.2) is 9.55 Å². The van der Waals surface area contributed by atoms with Gasteiger partial charge in [0.25, 0.3) is 5.56 Å². The quantitative estimate of drug-likeness (QED) is 0.909. The van der Waals surface area contributed by atoms with Gasteiger partial charge in [0.2, 0.25) is 0 Å². The van der Waals surface area contributed by atoms with Crippen LogP contribution in [0, 0.1) is 0 Å². The molecule has 2 rings (SSSR count). The first kappa shape index (κ1) is 16.8. The van der Waals surface area contributed by atoms with Crippen LogP contribution in [-0.2, 0) is 6.54 Å². The van der Waals surface area contributed by atoms with Crippen LogP contribution in [0.5, 0.6) is 0 Å². The van der Waals surface area contributed by atoms with Crippen molar-refractivity contribution in [3.05, 3.63) is 62.8 Å². The van der Waals surface area contributed by atoms with E-state index in [1.165, 1.54) is 10.6 Å². The highest BCUT2D eigenvalue weighted by Gasteiger charge is 2.07. The van der Waals surface area contributed by atoms with E-state index in [2.05, 4.69) is 10.3 Å². The molecule has 0 aliphatic rings. The van der Waals surface area contributed by atoms with Gasteiger partial charge < -0.3 is 5.32 Å². The lowest BCUT2D eigenvalue weighted by atomic mass is 10.2. The molecule has 0 aliphatic heterocycles. The molecule has 0 radical (unpaired) electrons. The van der Waals surface area contributed by atoms with Crippen LogP contribution in [0.1, 0.15) is 39.3 Å². The SMILES string of the molecule is CC.CC(C)n1c(=O)cc(NCc2ccccc2)[nH]c1=O. The van der Waals surface area contributed by atoms with Gasteiger partial charge in [0.05, 0.1) is 0 Å². The Bertz CT molecular complexity index is 626. The lowest BCUT2D eigenvalue weighted by Crippen LogP contribution is -2.36. The van der Waals surface area contributed by atoms with E-state index in [4.69, 9.17) is 0 Å². The Labute approximate surface area is 124 Å². The van der Waals surface area contributed by atoms with E-state index < -0.39 is 5.69 Å². The Morgan fingerprint density at radius 3 is 2.29 bits per heavy atom. The van der Waals surface area contributed by atoms with Crippen molar-refractivity contribution in [3.8, 4) is 0 Å². The summed E-state index contributed by atoms with van der Waals surface area (Å²) >= 11 is 0. The molecule has 1 aromatic carbocycles. The topological polar surface area (TPSA) is 66.9 Å². The van der Waals surface area contributed by atoms with Gasteiger partial charge in [0, 0.05) is 18.7 Å². The molecule has 5 heteroatoms. The summed E-state index contributed by atoms with van der Waals surface area (Å²) in [6.45, 7) is 8.16. The molecule has 0 fully saturated rings. The molecular formula is C16H23N3O2. The molecule has 0 saturated carbocycles. The van der Waals surface area contributed by atoms with E-state index >= 15 is 0 Å². The van der Waals surface area contributed by atoms with Crippen molar-refractivity contribution in [2.45, 2.75) is 40.3 Å². The number of anilines is 1. The first-order valence-corrected chi connectivity index (χ1v) is 7.21. The van der Waals surface area contributed by atoms with E-state index in [9.17, 15) is 9.59 Å². The highest BCUT2D eigenvalue weighted by atomic mass is 16.2. The largest absolute Gasteiger partial charge is 0.367 e. The molecule has 1 aromatic heterocycles. The molecule has 0 atom stereocenters. The molecular weight excluding hydrogens is 266 g/mol. The second kappa shape index (κ2) is 8.09. The number of nitrogens with zero attached hydrogens (tertiary/aromatic N) is 1. The van der Waals surface area contributed by atoms with Gasteiger partial charge in [0.1, 0.15) is 5.82 Å². The molecule has 2 aromatic rings. The second-order valence-corrected chi connectivity index (χ2v) is 4.63. The standard InChI is InChI=1S/C14H17N3O2.C2H6/c1-10(2)17-13(18)8-12(16-14(17)19)15-9-11-6-4-3-5-7-11;1-2/h3-8,10,15H,9H2,1-2H3,(H,16,19);1-2H3. The fourth-order valence-corrected chi connectivity index (χ4v) is 1.88. The first-order valence-electron chi connectivity index (χ1n) is 7.21. The van der Waals surface area contributed by atoms with Gasteiger partial charge in [-0.25, -0.2) is 4.79 Å². The minimum Gasteiger partial charge on any atom is -0.367 e. The molecule has 21 heavy (non-hydrogen) atoms. The second-order valence-electron chi connectivity index (χ2n) is 4.63. The maximum atomic E-state index is 11.8. The third-order valence-electron chi connectivity index (χ3n) is 2.81. The Morgan fingerprint density at radius 2 is 1.76 bits per heavy atom. The molecule has 5 nitrogen and oxygen atoms in total. The van der Waals surface area contributed by atoms with E-state index in [1.807, 2.05) is 44.2 Å². The Balaban J connectivity index is 0.00000106. The highest BCUT2D eigenvalue weighted by molar-refractivity contribution is 5.33. The Hall–Kier alpha value is -2.30. The van der Waals surface area contributed by atoms with Crippen molar-refractivity contribution in [1.29, 1.82) is 0 Å². The van der Waals surface area contributed by atoms with E-state index in [0.717, 1.165) is 5.56 Å². The first-order chi connectivity index (χ1) is 10.1. The van der Waals surface area contributed by atoms with Crippen molar-refractivity contribution in [3.63, 3.8) is 0 Å². The van der Waals surface area contributed by atoms with Gasteiger partial charge >= 0.3 is 5.69 Å². The molecule has 0 aliphatic carbocycles. The van der Waals surface area contributed by atoms with Gasteiger partial charge in [-0.05, 0) is 19.4 Å². The normalized spacial score (nSPS) is 9.95. The van der Waals surface area contributed by atoms with Gasteiger partial charge in [-0.15, -0.1) is 0 Å². The number of H-pyrrole nitrogens is 1. The maximum absolute atomic E-state index is 11.8. The molecule has 0 unspecified atom stereocenters. The van der Waals surface area contributed by atoms with Crippen LogP contribution in [0.15, 0.2) is 46.0 Å². The molecule has 2 N–H and O–H groups in total. The van der Waals surface area contributed by atoms with Crippen LogP contribution >= 0.6 is 0 Å². The average Bonchev–Trinajstić information content (AvgIpc) is 2.47. The Kier molecular flexibility index (Phi) is 6.46. The molecule has 0 spiro atoms. The number of hydrogen-bond donors (Lipinski definition) is 2. The van der Waals surface area contributed by atoms with Crippen LogP contribution < -0.4 is 16.6 Å². The van der Waals surface area contributed by atoms with Crippen molar-refractivity contribution >= 4 is 5.82 Å². The fraction of sp³-hybridized carbons (Fsp3) is 0.375. The molecule has 114 valence electrons. The van der Waals surface area contributed by atoms with Gasteiger partial charge in [-0.2, -0.15) is 0 Å². The monoisotopic (exact) mass is 289 g/mol. The predicted molar refractivity (Wildman–Crippen MR) is 86.8 cm³/mol. The zero-order chi connectivity index (χ0) is 15.8. The molecule has 1 heterocycles. The van der Waals surface area contributed by atoms with Gasteiger partial charge in [-0.3, -0.25) is 14.3 Å². The van der Waals surface area contributed by atoms with Crippen LogP contribution in [0.4, 0.5) is 5.82 Å². The summed E-state index contributed by atoms with van der Waals surface area (Å²) in [5, 5.41) is 3.04. The van der Waals surface area contributed by atoms with Crippen molar-refractivity contribution in [2.75, 3.05) is 5.32 Å². The van der Waals surface area contributed by atoms with E-state index in [1.54, 1.807) is 13.8 Å². The summed E-state index contributed by atoms with van der Waals surface area (Å²) in [6.07, 6.45) is 0. The summed E-state index contributed by atoms with van der Waals surface area (Å²) in [6, 6.07) is 11.0. The summed E-state index contributed by atoms with van der Waals surface area (Å²) in [5.41, 5.74) is 0.392. The number of hydrogen-bond acceptors (Lipinski definition) is 3. The third-order valence-corrected chi connectivity index (χ3v) is 2.81. The minimum atomic E-state index is -0.391. The number of rotatable bonds is 4. The van der Waals surface area contributed by atoms with Crippen molar-refractivity contribution in [2.24, 2.45) is 0 Å². The zero-order valence-corrected chi connectivity index (χ0v) is 13.0. The number of nitrogens with one attached hydrogen (secondary N) is 2. The van der Waals surface area contributed by atoms with E-state index in [-0.39, 0.29) is 11.6 Å². The summed E-state index contributed by atoms with van der Waals surface area (Å²) in [4.78, 5) is 26.3. The summed E-state index contributed by atoms with van der Waals surface area (Å²) in [7, 11) is 0. The molecule has 0 bridgehead atoms. The van der Waals surface area contributed by atoms with Crippen LogP contribution in [0.25, 0.3) is 0 Å². The highest BCUT2D eigenvalue weighted by Crippen LogP contribution is 2.03. The smallest absolute Gasteiger partial charge is 0.330 e. The van der Waals surface area contributed by atoms with Gasteiger partial charge in [-0.1, -0.05) is 44.2 Å². The van der Waals surface area contributed by atoms with Gasteiger partial charge in [0.15, 0.2) is 0 Å². The summed E-state index contributed by atoms with van der Waals surface area (Å²) < 4.78 is 1.19. The lowest BCUT2D eigenvalue weighted by molar-refractivity contribution is 0.546. The molecule has 0 amide bonds. The Morgan fingerprint density at radius 1 is 1.14 bits per heavy atom. The zero-order valence-electron chi connectivity index (χ0n) is 13.0. The molecule has 0 saturated heterocycles. The van der Waals surface area contributed by atoms with E-state index in [0.29, 0.717) is 12.4 Å². The van der Waals surface area contributed by atoms with Crippen LogP contribution in [0.3, 0.4) is 0 Å². The summed E-state index contributed by atoms with van der Waals surface area (Å²) in [5.74, 6) is 0.441. The van der Waals surface area contributed by atoms with Crippen molar-refractivity contribution < 1.29 is 0 Å². The minimum absolute atomic E-state index is 0.153. The third kappa shape index (κ3) is 4.63. The fourth-order valence-electron chi connectivity index (χ4n) is 1.88.